The smallest absolute Gasteiger partial charge is 0.224 e. The number of carbonyl (C=O) groups is 1. The van der Waals surface area contributed by atoms with Crippen LogP contribution in [0.25, 0.3) is 0 Å². The molecule has 2 aromatic carbocycles. The molecule has 0 aliphatic carbocycles. The molecule has 2 aromatic rings. The molecule has 0 saturated heterocycles. The summed E-state index contributed by atoms with van der Waals surface area (Å²) in [6.07, 6.45) is 1.02. The molecule has 0 fully saturated rings. The highest BCUT2D eigenvalue weighted by atomic mass is 35.5. The fourth-order valence-electron chi connectivity index (χ4n) is 2.13. The predicted octanol–water partition coefficient (Wildman–Crippen LogP) is 3.25. The number of amides is 1. The molecule has 0 radical (unpaired) electrons. The molecule has 26 heavy (non-hydrogen) atoms. The number of rotatable bonds is 10. The maximum atomic E-state index is 11.9. The first-order chi connectivity index (χ1) is 12.2. The molecule has 6 nitrogen and oxygen atoms in total. The summed E-state index contributed by atoms with van der Waals surface area (Å²) in [5.41, 5.74) is 6.12. The van der Waals surface area contributed by atoms with Crippen molar-refractivity contribution in [3.05, 3.63) is 48.5 Å². The van der Waals surface area contributed by atoms with E-state index in [1.807, 2.05) is 24.3 Å². The lowest BCUT2D eigenvalue weighted by Gasteiger charge is -2.09. The number of ether oxygens (including phenoxy) is 3. The second kappa shape index (κ2) is 12.0. The molecule has 0 aliphatic heterocycles. The van der Waals surface area contributed by atoms with Crippen molar-refractivity contribution in [3.8, 4) is 17.2 Å². The van der Waals surface area contributed by atoms with Gasteiger partial charge in [-0.1, -0.05) is 0 Å². The summed E-state index contributed by atoms with van der Waals surface area (Å²) in [5.74, 6) is 2.23. The highest BCUT2D eigenvalue weighted by molar-refractivity contribution is 5.90. The molecule has 0 heterocycles. The monoisotopic (exact) mass is 380 g/mol. The van der Waals surface area contributed by atoms with E-state index in [2.05, 4.69) is 5.32 Å². The van der Waals surface area contributed by atoms with Gasteiger partial charge in [-0.05, 0) is 55.0 Å². The third kappa shape index (κ3) is 7.63. The van der Waals surface area contributed by atoms with Gasteiger partial charge in [0.2, 0.25) is 5.91 Å². The number of hydrogen-bond acceptors (Lipinski definition) is 5. The molecule has 2 rings (SSSR count). The Kier molecular flexibility index (Phi) is 9.97. The van der Waals surface area contributed by atoms with E-state index in [1.54, 1.807) is 31.4 Å². The van der Waals surface area contributed by atoms with Crippen molar-refractivity contribution in [2.45, 2.75) is 12.8 Å². The van der Waals surface area contributed by atoms with Crippen molar-refractivity contribution < 1.29 is 19.0 Å². The molecule has 3 N–H and O–H groups in total. The van der Waals surface area contributed by atoms with Crippen LogP contribution in [-0.2, 0) is 4.79 Å². The molecule has 7 heteroatoms. The van der Waals surface area contributed by atoms with Crippen LogP contribution in [0.1, 0.15) is 12.8 Å². The zero-order valence-corrected chi connectivity index (χ0v) is 15.6. The predicted molar refractivity (Wildman–Crippen MR) is 105 cm³/mol. The maximum absolute atomic E-state index is 11.9. The van der Waals surface area contributed by atoms with Crippen LogP contribution < -0.4 is 25.3 Å². The largest absolute Gasteiger partial charge is 0.497 e. The van der Waals surface area contributed by atoms with Crippen LogP contribution in [-0.4, -0.2) is 32.8 Å². The third-order valence-electron chi connectivity index (χ3n) is 3.40. The van der Waals surface area contributed by atoms with Crippen LogP contribution in [0.4, 0.5) is 5.69 Å². The van der Waals surface area contributed by atoms with Crippen LogP contribution in [0.15, 0.2) is 48.5 Å². The van der Waals surface area contributed by atoms with Gasteiger partial charge in [0.25, 0.3) is 0 Å². The Hall–Kier alpha value is -2.44. The third-order valence-corrected chi connectivity index (χ3v) is 3.40. The van der Waals surface area contributed by atoms with Crippen molar-refractivity contribution in [2.75, 3.05) is 32.2 Å². The number of nitrogens with two attached hydrogens (primary N) is 1. The number of carbonyl (C=O) groups excluding carboxylic acids is 1. The Labute approximate surface area is 160 Å². The van der Waals surface area contributed by atoms with Crippen LogP contribution in [0.5, 0.6) is 17.2 Å². The molecule has 0 unspecified atom stereocenters. The molecular weight excluding hydrogens is 356 g/mol. The van der Waals surface area contributed by atoms with Gasteiger partial charge in [0.1, 0.15) is 23.9 Å². The first-order valence-electron chi connectivity index (χ1n) is 8.21. The van der Waals surface area contributed by atoms with E-state index in [4.69, 9.17) is 19.9 Å². The molecule has 0 aromatic heterocycles. The molecular formula is C19H25ClN2O4. The van der Waals surface area contributed by atoms with Crippen molar-refractivity contribution >= 4 is 24.0 Å². The first-order valence-corrected chi connectivity index (χ1v) is 8.21. The molecule has 0 atom stereocenters. The average Bonchev–Trinajstić information content (AvgIpc) is 2.65. The Morgan fingerprint density at radius 3 is 2.04 bits per heavy atom. The van der Waals surface area contributed by atoms with E-state index in [0.717, 1.165) is 22.9 Å². The molecule has 0 spiro atoms. The summed E-state index contributed by atoms with van der Waals surface area (Å²) < 4.78 is 16.1. The molecule has 142 valence electrons. The highest BCUT2D eigenvalue weighted by Gasteiger charge is 2.03. The normalized spacial score (nSPS) is 9.77. The molecule has 1 amide bonds. The van der Waals surface area contributed by atoms with E-state index in [1.165, 1.54) is 0 Å². The fraction of sp³-hybridized carbons (Fsp3) is 0.316. The van der Waals surface area contributed by atoms with Gasteiger partial charge in [0, 0.05) is 18.7 Å². The zero-order valence-electron chi connectivity index (χ0n) is 14.8. The second-order valence-corrected chi connectivity index (χ2v) is 5.34. The van der Waals surface area contributed by atoms with Gasteiger partial charge in [0.05, 0.1) is 13.7 Å². The van der Waals surface area contributed by atoms with E-state index in [9.17, 15) is 4.79 Å². The minimum absolute atomic E-state index is 0. The average molecular weight is 381 g/mol. The Bertz CT molecular complexity index is 648. The minimum atomic E-state index is -0.0473. The number of anilines is 1. The molecule has 0 bridgehead atoms. The number of halogens is 1. The van der Waals surface area contributed by atoms with E-state index in [-0.39, 0.29) is 18.3 Å². The Morgan fingerprint density at radius 1 is 0.923 bits per heavy atom. The quantitative estimate of drug-likeness (QED) is 0.618. The van der Waals surface area contributed by atoms with Gasteiger partial charge in [-0.3, -0.25) is 4.79 Å². The lowest BCUT2D eigenvalue weighted by Crippen LogP contribution is -2.13. The van der Waals surface area contributed by atoms with Gasteiger partial charge in [-0.25, -0.2) is 0 Å². The number of benzene rings is 2. The van der Waals surface area contributed by atoms with E-state index >= 15 is 0 Å². The maximum Gasteiger partial charge on any atom is 0.224 e. The van der Waals surface area contributed by atoms with Gasteiger partial charge in [-0.15, -0.1) is 12.4 Å². The highest BCUT2D eigenvalue weighted by Crippen LogP contribution is 2.18. The van der Waals surface area contributed by atoms with Crippen LogP contribution >= 0.6 is 12.4 Å². The zero-order chi connectivity index (χ0) is 17.9. The number of hydrogen-bond donors (Lipinski definition) is 2. The number of nitrogens with one attached hydrogen (secondary N) is 1. The van der Waals surface area contributed by atoms with Crippen LogP contribution in [0.3, 0.4) is 0 Å². The Balaban J connectivity index is 0.00000338. The summed E-state index contributed by atoms with van der Waals surface area (Å²) in [7, 11) is 1.62. The topological polar surface area (TPSA) is 82.8 Å². The summed E-state index contributed by atoms with van der Waals surface area (Å²) in [4.78, 5) is 11.9. The standard InChI is InChI=1S/C19H24N2O4.ClH/c1-23-16-8-10-18(11-9-16)24-13-2-3-19(22)21-15-4-6-17(7-5-15)25-14-12-20;/h4-11H,2-3,12-14,20H2,1H3,(H,21,22);1H. The fourth-order valence-corrected chi connectivity index (χ4v) is 2.13. The van der Waals surface area contributed by atoms with Gasteiger partial charge in [-0.2, -0.15) is 0 Å². The SMILES string of the molecule is COc1ccc(OCCCC(=O)Nc2ccc(OCCN)cc2)cc1.Cl. The summed E-state index contributed by atoms with van der Waals surface area (Å²) >= 11 is 0. The first kappa shape index (κ1) is 21.6. The summed E-state index contributed by atoms with van der Waals surface area (Å²) in [5, 5.41) is 2.85. The van der Waals surface area contributed by atoms with Crippen molar-refractivity contribution in [2.24, 2.45) is 5.73 Å². The lowest BCUT2D eigenvalue weighted by atomic mass is 10.2. The summed E-state index contributed by atoms with van der Waals surface area (Å²) in [6, 6.07) is 14.6. The minimum Gasteiger partial charge on any atom is -0.497 e. The molecule has 0 aliphatic rings. The van der Waals surface area contributed by atoms with Gasteiger partial charge in [0.15, 0.2) is 0 Å². The Morgan fingerprint density at radius 2 is 1.46 bits per heavy atom. The van der Waals surface area contributed by atoms with Crippen LogP contribution in [0.2, 0.25) is 0 Å². The van der Waals surface area contributed by atoms with E-state index < -0.39 is 0 Å². The van der Waals surface area contributed by atoms with Crippen molar-refractivity contribution in [1.82, 2.24) is 0 Å². The number of methoxy groups -OCH3 is 1. The molecule has 0 saturated carbocycles. The van der Waals surface area contributed by atoms with Gasteiger partial charge >= 0.3 is 0 Å². The van der Waals surface area contributed by atoms with Gasteiger partial charge < -0.3 is 25.3 Å². The van der Waals surface area contributed by atoms with Crippen molar-refractivity contribution in [3.63, 3.8) is 0 Å². The van der Waals surface area contributed by atoms with E-state index in [0.29, 0.717) is 32.6 Å². The lowest BCUT2D eigenvalue weighted by molar-refractivity contribution is -0.116. The van der Waals surface area contributed by atoms with Crippen molar-refractivity contribution in [1.29, 1.82) is 0 Å². The second-order valence-electron chi connectivity index (χ2n) is 5.34. The van der Waals surface area contributed by atoms with Crippen LogP contribution in [0, 0.1) is 0 Å². The summed E-state index contributed by atoms with van der Waals surface area (Å²) in [6.45, 7) is 1.42.